The van der Waals surface area contributed by atoms with Crippen LogP contribution < -0.4 is 20.7 Å². The van der Waals surface area contributed by atoms with Crippen LogP contribution in [0, 0.1) is 11.6 Å². The van der Waals surface area contributed by atoms with Crippen LogP contribution in [0.2, 0.25) is 5.02 Å². The van der Waals surface area contributed by atoms with Crippen molar-refractivity contribution in [3.8, 4) is 5.75 Å². The molecule has 15 heteroatoms. The molecule has 0 radical (unpaired) electrons. The van der Waals surface area contributed by atoms with Gasteiger partial charge in [0.15, 0.2) is 5.72 Å². The van der Waals surface area contributed by atoms with Crippen LogP contribution in [-0.2, 0) is 23.2 Å². The monoisotopic (exact) mass is 641 g/mol. The molecule has 1 aliphatic heterocycles. The predicted molar refractivity (Wildman–Crippen MR) is 147 cm³/mol. The molecule has 0 aliphatic carbocycles. The SMILES string of the molecule is COc1c(CNC(=O)OC(C)(C)C)cc(NC(=O)c2cc(F)cc(C(F)(F)F)c2)c2c1C(=O)NC2(O)c1cc(F)ccc1Cl. The van der Waals surface area contributed by atoms with E-state index in [1.54, 1.807) is 20.8 Å². The molecule has 4 rings (SSSR count). The first-order valence-corrected chi connectivity index (χ1v) is 13.1. The number of fused-ring (bicyclic) bond motifs is 1. The number of alkyl carbamates (subject to hydrolysis) is 1. The smallest absolute Gasteiger partial charge is 0.416 e. The van der Waals surface area contributed by atoms with Gasteiger partial charge < -0.3 is 30.5 Å². The van der Waals surface area contributed by atoms with Gasteiger partial charge in [-0.15, -0.1) is 0 Å². The van der Waals surface area contributed by atoms with E-state index in [-0.39, 0.29) is 45.8 Å². The fourth-order valence-corrected chi connectivity index (χ4v) is 4.86. The average molecular weight is 642 g/mol. The summed E-state index contributed by atoms with van der Waals surface area (Å²) in [5.41, 5.74) is -7.13. The fraction of sp³-hybridized carbons (Fsp3) is 0.276. The normalized spacial score (nSPS) is 16.2. The van der Waals surface area contributed by atoms with Crippen molar-refractivity contribution in [2.75, 3.05) is 12.4 Å². The van der Waals surface area contributed by atoms with E-state index in [1.807, 2.05) is 0 Å². The number of ether oxygens (including phenoxy) is 2. The van der Waals surface area contributed by atoms with E-state index in [0.29, 0.717) is 12.1 Å². The van der Waals surface area contributed by atoms with Gasteiger partial charge in [0.1, 0.15) is 23.0 Å². The lowest BCUT2D eigenvalue weighted by atomic mass is 9.90. The van der Waals surface area contributed by atoms with Crippen LogP contribution in [0.4, 0.5) is 32.4 Å². The number of amides is 3. The molecule has 1 unspecified atom stereocenters. The quantitative estimate of drug-likeness (QED) is 0.250. The third-order valence-corrected chi connectivity index (χ3v) is 6.65. The predicted octanol–water partition coefficient (Wildman–Crippen LogP) is 5.86. The summed E-state index contributed by atoms with van der Waals surface area (Å²) in [6.07, 6.45) is -5.85. The molecule has 1 atom stereocenters. The summed E-state index contributed by atoms with van der Waals surface area (Å²) >= 11 is 6.25. The van der Waals surface area contributed by atoms with E-state index < -0.39 is 63.7 Å². The molecule has 3 aromatic carbocycles. The molecule has 0 saturated carbocycles. The highest BCUT2D eigenvalue weighted by Gasteiger charge is 2.49. The van der Waals surface area contributed by atoms with Gasteiger partial charge in [0.05, 0.1) is 23.9 Å². The average Bonchev–Trinajstić information content (AvgIpc) is 3.18. The number of aliphatic hydroxyl groups is 1. The van der Waals surface area contributed by atoms with Crippen LogP contribution in [-0.4, -0.2) is 35.7 Å². The molecule has 0 bridgehead atoms. The first-order chi connectivity index (χ1) is 20.3. The van der Waals surface area contributed by atoms with Crippen LogP contribution in [0.25, 0.3) is 0 Å². The summed E-state index contributed by atoms with van der Waals surface area (Å²) in [6.45, 7) is 4.50. The molecule has 3 amide bonds. The number of hydrogen-bond donors (Lipinski definition) is 4. The second kappa shape index (κ2) is 11.6. The van der Waals surface area contributed by atoms with E-state index >= 15 is 0 Å². The summed E-state index contributed by atoms with van der Waals surface area (Å²) < 4.78 is 79.0. The van der Waals surface area contributed by atoms with Gasteiger partial charge in [-0.3, -0.25) is 9.59 Å². The van der Waals surface area contributed by atoms with Crippen molar-refractivity contribution < 1.29 is 50.9 Å². The summed E-state index contributed by atoms with van der Waals surface area (Å²) in [7, 11) is 1.18. The standard InChI is InChI=1S/C29H25ClF5N3O6/c1-27(2,3)44-26(41)36-12-14-9-20(37-24(39)13-7-15(29(33,34)35)10-17(32)8-13)22-21(23(14)43-4)25(40)38-28(22,42)18-11-16(31)5-6-19(18)30/h5-11,42H,12H2,1-4H3,(H,36,41)(H,37,39)(H,38,40). The molecule has 0 saturated heterocycles. The number of halogens is 6. The minimum atomic E-state index is -4.98. The number of anilines is 1. The zero-order valence-corrected chi connectivity index (χ0v) is 24.3. The lowest BCUT2D eigenvalue weighted by molar-refractivity contribution is -0.137. The highest BCUT2D eigenvalue weighted by molar-refractivity contribution is 6.31. The summed E-state index contributed by atoms with van der Waals surface area (Å²) in [5, 5.41) is 18.7. The zero-order chi connectivity index (χ0) is 32.8. The highest BCUT2D eigenvalue weighted by Crippen LogP contribution is 2.47. The molecule has 234 valence electrons. The van der Waals surface area contributed by atoms with Gasteiger partial charge in [0, 0.05) is 33.8 Å². The van der Waals surface area contributed by atoms with Gasteiger partial charge in [-0.25, -0.2) is 13.6 Å². The minimum absolute atomic E-state index is 0.0485. The van der Waals surface area contributed by atoms with E-state index in [1.165, 1.54) is 7.11 Å². The van der Waals surface area contributed by atoms with Crippen molar-refractivity contribution in [2.45, 2.75) is 44.8 Å². The molecule has 1 aliphatic rings. The van der Waals surface area contributed by atoms with Crippen LogP contribution >= 0.6 is 11.6 Å². The molecule has 3 aromatic rings. The van der Waals surface area contributed by atoms with Crippen molar-refractivity contribution in [1.82, 2.24) is 10.6 Å². The molecule has 0 spiro atoms. The van der Waals surface area contributed by atoms with Crippen LogP contribution in [0.1, 0.15) is 63.7 Å². The first kappa shape index (κ1) is 32.5. The molecule has 44 heavy (non-hydrogen) atoms. The van der Waals surface area contributed by atoms with E-state index in [9.17, 15) is 41.4 Å². The summed E-state index contributed by atoms with van der Waals surface area (Å²) in [4.78, 5) is 38.9. The molecule has 0 fully saturated rings. The van der Waals surface area contributed by atoms with Crippen molar-refractivity contribution >= 4 is 35.2 Å². The lowest BCUT2D eigenvalue weighted by Gasteiger charge is -2.28. The number of carbonyl (C=O) groups excluding carboxylic acids is 3. The lowest BCUT2D eigenvalue weighted by Crippen LogP contribution is -2.41. The molecule has 0 aromatic heterocycles. The third-order valence-electron chi connectivity index (χ3n) is 6.32. The Morgan fingerprint density at radius 1 is 1.05 bits per heavy atom. The van der Waals surface area contributed by atoms with Gasteiger partial charge in [0.25, 0.3) is 11.8 Å². The molecular weight excluding hydrogens is 617 g/mol. The van der Waals surface area contributed by atoms with E-state index in [2.05, 4.69) is 16.0 Å². The van der Waals surface area contributed by atoms with Crippen LogP contribution in [0.5, 0.6) is 5.75 Å². The van der Waals surface area contributed by atoms with Gasteiger partial charge in [0.2, 0.25) is 0 Å². The van der Waals surface area contributed by atoms with Gasteiger partial charge in [-0.05, 0) is 63.2 Å². The highest BCUT2D eigenvalue weighted by atomic mass is 35.5. The Bertz CT molecular complexity index is 1670. The maximum absolute atomic E-state index is 14.3. The number of rotatable bonds is 6. The second-order valence-electron chi connectivity index (χ2n) is 10.7. The van der Waals surface area contributed by atoms with Crippen molar-refractivity contribution in [2.24, 2.45) is 0 Å². The minimum Gasteiger partial charge on any atom is -0.496 e. The maximum Gasteiger partial charge on any atom is 0.416 e. The van der Waals surface area contributed by atoms with E-state index in [0.717, 1.165) is 24.3 Å². The number of hydrogen-bond acceptors (Lipinski definition) is 6. The van der Waals surface area contributed by atoms with Crippen molar-refractivity contribution in [3.63, 3.8) is 0 Å². The maximum atomic E-state index is 14.3. The van der Waals surface area contributed by atoms with Crippen molar-refractivity contribution in [1.29, 1.82) is 0 Å². The summed E-state index contributed by atoms with van der Waals surface area (Å²) in [6, 6.07) is 5.25. The second-order valence-corrected chi connectivity index (χ2v) is 11.1. The Labute approximate surface area is 252 Å². The summed E-state index contributed by atoms with van der Waals surface area (Å²) in [5.74, 6) is -4.62. The Morgan fingerprint density at radius 3 is 2.34 bits per heavy atom. The van der Waals surface area contributed by atoms with E-state index in [4.69, 9.17) is 21.1 Å². The third kappa shape index (κ3) is 6.55. The number of benzene rings is 3. The van der Waals surface area contributed by atoms with Gasteiger partial charge >= 0.3 is 12.3 Å². The van der Waals surface area contributed by atoms with Crippen LogP contribution in [0.3, 0.4) is 0 Å². The first-order valence-electron chi connectivity index (χ1n) is 12.7. The fourth-order valence-electron chi connectivity index (χ4n) is 4.60. The van der Waals surface area contributed by atoms with Crippen molar-refractivity contribution in [3.05, 3.63) is 92.5 Å². The number of methoxy groups -OCH3 is 1. The topological polar surface area (TPSA) is 126 Å². The number of alkyl halides is 3. The molecule has 9 nitrogen and oxygen atoms in total. The van der Waals surface area contributed by atoms with Gasteiger partial charge in [-0.2, -0.15) is 13.2 Å². The Balaban J connectivity index is 1.90. The number of carbonyl (C=O) groups is 3. The molecule has 4 N–H and O–H groups in total. The molecule has 1 heterocycles. The van der Waals surface area contributed by atoms with Crippen LogP contribution in [0.15, 0.2) is 42.5 Å². The Hall–Kier alpha value is -4.43. The largest absolute Gasteiger partial charge is 0.496 e. The molecular formula is C29H25ClF5N3O6. The number of nitrogens with one attached hydrogen (secondary N) is 3. The zero-order valence-electron chi connectivity index (χ0n) is 23.5. The Morgan fingerprint density at radius 2 is 1.73 bits per heavy atom. The Kier molecular flexibility index (Phi) is 8.55. The van der Waals surface area contributed by atoms with Gasteiger partial charge in [-0.1, -0.05) is 11.6 Å².